The third-order valence-corrected chi connectivity index (χ3v) is 9.88. The molecule has 0 aliphatic carbocycles. The Bertz CT molecular complexity index is 1070. The van der Waals surface area contributed by atoms with Crippen molar-refractivity contribution in [3.63, 3.8) is 0 Å². The molecule has 0 spiro atoms. The molecule has 0 aromatic carbocycles. The van der Waals surface area contributed by atoms with Crippen molar-refractivity contribution >= 4 is 46.2 Å². The summed E-state index contributed by atoms with van der Waals surface area (Å²) in [5.41, 5.74) is 2.30. The zero-order valence-electron chi connectivity index (χ0n) is 19.2. The summed E-state index contributed by atoms with van der Waals surface area (Å²) in [5, 5.41) is 0. The van der Waals surface area contributed by atoms with Crippen molar-refractivity contribution in [1.29, 1.82) is 0 Å². The van der Waals surface area contributed by atoms with Crippen LogP contribution in [0.4, 0.5) is 0 Å². The molecule has 2 aliphatic heterocycles. The number of thiophene rings is 1. The van der Waals surface area contributed by atoms with Crippen LogP contribution in [0.5, 0.6) is 0 Å². The summed E-state index contributed by atoms with van der Waals surface area (Å²) in [7, 11) is -3.50. The molecular formula is C22H34Cl2N4O3S2. The fourth-order valence-corrected chi connectivity index (χ4v) is 7.35. The first kappa shape index (κ1) is 28.3. The van der Waals surface area contributed by atoms with Gasteiger partial charge in [-0.15, -0.1) is 36.2 Å². The first-order valence-electron chi connectivity index (χ1n) is 11.2. The van der Waals surface area contributed by atoms with Crippen LogP contribution in [-0.4, -0.2) is 79.9 Å². The lowest BCUT2D eigenvalue weighted by atomic mass is 10.1. The van der Waals surface area contributed by atoms with Crippen molar-refractivity contribution in [2.24, 2.45) is 0 Å². The molecular weight excluding hydrogens is 503 g/mol. The van der Waals surface area contributed by atoms with Gasteiger partial charge >= 0.3 is 0 Å². The van der Waals surface area contributed by atoms with Gasteiger partial charge < -0.3 is 9.88 Å². The molecule has 7 nitrogen and oxygen atoms in total. The lowest BCUT2D eigenvalue weighted by Crippen LogP contribution is -2.49. The molecule has 1 N–H and O–H groups in total. The molecule has 2 fully saturated rings. The highest BCUT2D eigenvalue weighted by Crippen LogP contribution is 2.34. The summed E-state index contributed by atoms with van der Waals surface area (Å²) < 4.78 is 28.4. The fraction of sp³-hybridized carbons (Fsp3) is 0.591. The third-order valence-electron chi connectivity index (χ3n) is 6.40. The van der Waals surface area contributed by atoms with E-state index in [0.717, 1.165) is 42.3 Å². The van der Waals surface area contributed by atoms with Gasteiger partial charge in [-0.2, -0.15) is 4.31 Å². The molecule has 186 valence electrons. The minimum atomic E-state index is -3.50. The quantitative estimate of drug-likeness (QED) is 0.587. The van der Waals surface area contributed by atoms with Crippen LogP contribution < -0.4 is 5.56 Å². The lowest BCUT2D eigenvalue weighted by molar-refractivity contribution is 0.168. The largest absolute Gasteiger partial charge is 0.326 e. The molecule has 0 amide bonds. The van der Waals surface area contributed by atoms with E-state index in [0.29, 0.717) is 29.3 Å². The van der Waals surface area contributed by atoms with Crippen molar-refractivity contribution in [3.05, 3.63) is 39.8 Å². The van der Waals surface area contributed by atoms with Gasteiger partial charge in [0, 0.05) is 61.0 Å². The predicted molar refractivity (Wildman–Crippen MR) is 140 cm³/mol. The first-order valence-corrected chi connectivity index (χ1v) is 13.4. The van der Waals surface area contributed by atoms with Gasteiger partial charge in [0.2, 0.25) is 0 Å². The van der Waals surface area contributed by atoms with Gasteiger partial charge in [0.1, 0.15) is 4.21 Å². The van der Waals surface area contributed by atoms with Crippen LogP contribution in [0.3, 0.4) is 0 Å². The van der Waals surface area contributed by atoms with E-state index in [4.69, 9.17) is 0 Å². The van der Waals surface area contributed by atoms with E-state index in [9.17, 15) is 13.2 Å². The number of nitrogens with one attached hydrogen (secondary N) is 1. The van der Waals surface area contributed by atoms with Gasteiger partial charge in [-0.3, -0.25) is 9.69 Å². The van der Waals surface area contributed by atoms with Crippen LogP contribution in [0.25, 0.3) is 10.4 Å². The second-order valence-corrected chi connectivity index (χ2v) is 11.7. The van der Waals surface area contributed by atoms with E-state index in [1.807, 2.05) is 26.0 Å². The topological polar surface area (TPSA) is 76.7 Å². The standard InChI is InChI=1S/C22H32N4O3S2.2ClH/c1-3-18-16-19(17(2)23-22(18)27)20-6-7-21(30-20)31(28,29)26-14-12-25(13-15-26)11-10-24-8-4-5-9-24;;/h6-7,16H,3-5,8-15H2,1-2H3,(H,23,27);2*1H. The average Bonchev–Trinajstić information content (AvgIpc) is 3.45. The fourth-order valence-electron chi connectivity index (χ4n) is 4.40. The number of pyridine rings is 1. The van der Waals surface area contributed by atoms with Gasteiger partial charge in [-0.25, -0.2) is 8.42 Å². The van der Waals surface area contributed by atoms with E-state index in [1.54, 1.807) is 10.4 Å². The van der Waals surface area contributed by atoms with E-state index in [-0.39, 0.29) is 30.4 Å². The van der Waals surface area contributed by atoms with Gasteiger partial charge in [0.25, 0.3) is 15.6 Å². The highest BCUT2D eigenvalue weighted by molar-refractivity contribution is 7.91. The molecule has 0 atom stereocenters. The van der Waals surface area contributed by atoms with E-state index in [2.05, 4.69) is 14.8 Å². The average molecular weight is 538 g/mol. The Morgan fingerprint density at radius 2 is 1.58 bits per heavy atom. The van der Waals surface area contributed by atoms with Gasteiger partial charge in [0.15, 0.2) is 0 Å². The molecule has 2 saturated heterocycles. The lowest BCUT2D eigenvalue weighted by Gasteiger charge is -2.34. The Hall–Kier alpha value is -0.940. The summed E-state index contributed by atoms with van der Waals surface area (Å²) in [6.07, 6.45) is 3.24. The van der Waals surface area contributed by atoms with E-state index in [1.165, 1.54) is 37.3 Å². The van der Waals surface area contributed by atoms with Crippen LogP contribution in [0.2, 0.25) is 0 Å². The van der Waals surface area contributed by atoms with Crippen LogP contribution in [0, 0.1) is 6.92 Å². The van der Waals surface area contributed by atoms with Crippen molar-refractivity contribution in [2.45, 2.75) is 37.3 Å². The van der Waals surface area contributed by atoms with E-state index >= 15 is 0 Å². The zero-order chi connectivity index (χ0) is 22.0. The first-order chi connectivity index (χ1) is 14.9. The Balaban J connectivity index is 0.00000193. The van der Waals surface area contributed by atoms with Crippen LogP contribution >= 0.6 is 36.2 Å². The molecule has 0 radical (unpaired) electrons. The molecule has 0 unspecified atom stereocenters. The summed E-state index contributed by atoms with van der Waals surface area (Å²) in [5.74, 6) is 0. The number of nitrogens with zero attached hydrogens (tertiary/aromatic N) is 3. The predicted octanol–water partition coefficient (Wildman–Crippen LogP) is 3.22. The minimum Gasteiger partial charge on any atom is -0.326 e. The summed E-state index contributed by atoms with van der Waals surface area (Å²) >= 11 is 1.28. The van der Waals surface area contributed by atoms with Crippen molar-refractivity contribution in [1.82, 2.24) is 19.1 Å². The number of halogens is 2. The monoisotopic (exact) mass is 536 g/mol. The van der Waals surface area contributed by atoms with Crippen LogP contribution in [-0.2, 0) is 16.4 Å². The number of hydrogen-bond donors (Lipinski definition) is 1. The molecule has 2 aromatic heterocycles. The van der Waals surface area contributed by atoms with Gasteiger partial charge in [-0.1, -0.05) is 6.92 Å². The molecule has 2 aliphatic rings. The number of H-pyrrole nitrogens is 1. The van der Waals surface area contributed by atoms with Crippen LogP contribution in [0.1, 0.15) is 31.0 Å². The van der Waals surface area contributed by atoms with Crippen molar-refractivity contribution in [2.75, 3.05) is 52.4 Å². The molecule has 0 bridgehead atoms. The Morgan fingerprint density at radius 1 is 0.970 bits per heavy atom. The molecule has 4 heterocycles. The maximum Gasteiger partial charge on any atom is 0.252 e. The maximum atomic E-state index is 13.2. The maximum absolute atomic E-state index is 13.2. The SMILES string of the molecule is CCc1cc(-c2ccc(S(=O)(=O)N3CCN(CCN4CCCC4)CC3)s2)c(C)[nH]c1=O.Cl.Cl. The van der Waals surface area contributed by atoms with Crippen molar-refractivity contribution in [3.8, 4) is 10.4 Å². The highest BCUT2D eigenvalue weighted by atomic mass is 35.5. The Kier molecular flexibility index (Phi) is 10.4. The summed E-state index contributed by atoms with van der Waals surface area (Å²) in [4.78, 5) is 20.6. The molecule has 11 heteroatoms. The zero-order valence-corrected chi connectivity index (χ0v) is 22.5. The molecule has 0 saturated carbocycles. The van der Waals surface area contributed by atoms with Gasteiger partial charge in [0.05, 0.1) is 0 Å². The second kappa shape index (κ2) is 12.2. The number of piperazine rings is 1. The Morgan fingerprint density at radius 3 is 2.18 bits per heavy atom. The number of likely N-dealkylation sites (tertiary alicyclic amines) is 1. The molecule has 4 rings (SSSR count). The molecule has 2 aromatic rings. The van der Waals surface area contributed by atoms with Crippen molar-refractivity contribution < 1.29 is 8.42 Å². The summed E-state index contributed by atoms with van der Waals surface area (Å²) in [6, 6.07) is 5.44. The number of sulfonamides is 1. The Labute approximate surface area is 213 Å². The smallest absolute Gasteiger partial charge is 0.252 e. The minimum absolute atomic E-state index is 0. The number of aryl methyl sites for hydroxylation is 2. The number of aromatic nitrogens is 1. The van der Waals surface area contributed by atoms with Crippen LogP contribution in [0.15, 0.2) is 27.2 Å². The normalized spacial score (nSPS) is 18.1. The van der Waals surface area contributed by atoms with E-state index < -0.39 is 10.0 Å². The summed E-state index contributed by atoms with van der Waals surface area (Å²) in [6.45, 7) is 10.9. The number of aromatic amines is 1. The second-order valence-electron chi connectivity index (χ2n) is 8.43. The molecule has 33 heavy (non-hydrogen) atoms. The highest BCUT2D eigenvalue weighted by Gasteiger charge is 2.30. The third kappa shape index (κ3) is 6.39. The number of hydrogen-bond acceptors (Lipinski definition) is 6. The number of rotatable bonds is 7. The van der Waals surface area contributed by atoms with Gasteiger partial charge in [-0.05, 0) is 57.5 Å².